The van der Waals surface area contributed by atoms with Crippen molar-refractivity contribution in [1.29, 1.82) is 0 Å². The molecule has 0 saturated carbocycles. The van der Waals surface area contributed by atoms with Crippen LogP contribution in [0, 0.1) is 0 Å². The van der Waals surface area contributed by atoms with Gasteiger partial charge in [-0.1, -0.05) is 0 Å². The highest BCUT2D eigenvalue weighted by molar-refractivity contribution is 5.97. The molecule has 1 aromatic carbocycles. The van der Waals surface area contributed by atoms with E-state index in [4.69, 9.17) is 5.11 Å². The smallest absolute Gasteiger partial charge is 0.335 e. The van der Waals surface area contributed by atoms with Gasteiger partial charge in [-0.25, -0.2) is 4.79 Å². The second-order valence-corrected chi connectivity index (χ2v) is 5.40. The van der Waals surface area contributed by atoms with Gasteiger partial charge < -0.3 is 10.1 Å². The Balaban J connectivity index is 1.96. The van der Waals surface area contributed by atoms with E-state index in [1.54, 1.807) is 12.1 Å². The molecule has 1 aliphatic carbocycles. The van der Waals surface area contributed by atoms with Crippen LogP contribution in [0.4, 0.5) is 0 Å². The zero-order valence-electron chi connectivity index (χ0n) is 11.7. The zero-order valence-corrected chi connectivity index (χ0v) is 11.7. The summed E-state index contributed by atoms with van der Waals surface area (Å²) in [6.45, 7) is 2.93. The van der Waals surface area contributed by atoms with Crippen LogP contribution in [0.3, 0.4) is 0 Å². The van der Waals surface area contributed by atoms with Crippen LogP contribution < -0.4 is 0 Å². The molecule has 0 bridgehead atoms. The molecule has 21 heavy (non-hydrogen) atoms. The minimum absolute atomic E-state index is 0.328. The Hall–Kier alpha value is -2.56. The van der Waals surface area contributed by atoms with Gasteiger partial charge in [-0.2, -0.15) is 5.10 Å². The average Bonchev–Trinajstić information content (AvgIpc) is 3.06. The van der Waals surface area contributed by atoms with Gasteiger partial charge in [-0.15, -0.1) is 0 Å². The predicted octanol–water partition coefficient (Wildman–Crippen LogP) is 2.85. The molecule has 3 aromatic rings. The summed E-state index contributed by atoms with van der Waals surface area (Å²) >= 11 is 0. The largest absolute Gasteiger partial charge is 0.478 e. The minimum atomic E-state index is -0.890. The molecule has 0 unspecified atom stereocenters. The highest BCUT2D eigenvalue weighted by Gasteiger charge is 2.24. The van der Waals surface area contributed by atoms with Crippen LogP contribution in [-0.4, -0.2) is 25.8 Å². The topological polar surface area (TPSA) is 70.9 Å². The third-order valence-corrected chi connectivity index (χ3v) is 4.20. The van der Waals surface area contributed by atoms with Crippen molar-refractivity contribution in [2.45, 2.75) is 26.3 Å². The molecular formula is C16H15N3O2. The normalized spacial score (nSPS) is 13.2. The number of aromatic nitrogens is 3. The van der Waals surface area contributed by atoms with Crippen molar-refractivity contribution in [2.75, 3.05) is 0 Å². The molecule has 2 heterocycles. The quantitative estimate of drug-likeness (QED) is 0.758. The molecule has 5 nitrogen and oxygen atoms in total. The first kappa shape index (κ1) is 12.2. The van der Waals surface area contributed by atoms with Crippen LogP contribution in [0.2, 0.25) is 0 Å². The first-order chi connectivity index (χ1) is 10.2. The van der Waals surface area contributed by atoms with Gasteiger partial charge in [0.05, 0.1) is 11.3 Å². The Bertz CT molecular complexity index is 873. The zero-order chi connectivity index (χ0) is 14.6. The molecule has 0 radical (unpaired) electrons. The van der Waals surface area contributed by atoms with Crippen LogP contribution >= 0.6 is 0 Å². The minimum Gasteiger partial charge on any atom is -0.478 e. The molecule has 2 N–H and O–H groups in total. The number of H-pyrrole nitrogens is 1. The molecule has 5 heteroatoms. The number of nitrogens with one attached hydrogen (secondary N) is 1. The number of fused-ring (bicyclic) bond motifs is 5. The van der Waals surface area contributed by atoms with E-state index in [0.717, 1.165) is 41.7 Å². The fourth-order valence-electron chi connectivity index (χ4n) is 3.12. The van der Waals surface area contributed by atoms with Crippen LogP contribution in [0.15, 0.2) is 24.4 Å². The van der Waals surface area contributed by atoms with E-state index in [1.165, 1.54) is 11.1 Å². The lowest BCUT2D eigenvalue weighted by Gasteiger charge is -2.10. The summed E-state index contributed by atoms with van der Waals surface area (Å²) in [4.78, 5) is 14.6. The molecule has 2 aromatic heterocycles. The molecule has 0 saturated heterocycles. The molecule has 4 rings (SSSR count). The van der Waals surface area contributed by atoms with Crippen molar-refractivity contribution in [3.63, 3.8) is 0 Å². The summed E-state index contributed by atoms with van der Waals surface area (Å²) in [6, 6.07) is 5.24. The number of benzene rings is 1. The number of carbonyl (C=O) groups is 1. The van der Waals surface area contributed by atoms with E-state index in [9.17, 15) is 4.79 Å². The number of hydrogen-bond donors (Lipinski definition) is 2. The monoisotopic (exact) mass is 281 g/mol. The van der Waals surface area contributed by atoms with Crippen molar-refractivity contribution < 1.29 is 9.90 Å². The van der Waals surface area contributed by atoms with E-state index >= 15 is 0 Å². The lowest BCUT2D eigenvalue weighted by atomic mass is 9.94. The number of hydrogen-bond acceptors (Lipinski definition) is 2. The highest BCUT2D eigenvalue weighted by Crippen LogP contribution is 2.36. The van der Waals surface area contributed by atoms with Crippen LogP contribution in [0.1, 0.15) is 28.4 Å². The van der Waals surface area contributed by atoms with Gasteiger partial charge in [0.2, 0.25) is 0 Å². The van der Waals surface area contributed by atoms with Gasteiger partial charge in [0.1, 0.15) is 5.69 Å². The molecule has 0 fully saturated rings. The van der Waals surface area contributed by atoms with Crippen molar-refractivity contribution in [1.82, 2.24) is 14.8 Å². The summed E-state index contributed by atoms with van der Waals surface area (Å²) in [6.07, 6.45) is 3.97. The number of aromatic carboxylic acids is 1. The fourth-order valence-corrected chi connectivity index (χ4v) is 3.12. The number of carboxylic acids is 1. The second kappa shape index (κ2) is 4.22. The Morgan fingerprint density at radius 2 is 2.29 bits per heavy atom. The molecule has 0 atom stereocenters. The summed E-state index contributed by atoms with van der Waals surface area (Å²) in [5.74, 6) is -0.890. The first-order valence-corrected chi connectivity index (χ1v) is 7.12. The third kappa shape index (κ3) is 1.70. The van der Waals surface area contributed by atoms with Gasteiger partial charge in [-0.05, 0) is 49.1 Å². The van der Waals surface area contributed by atoms with Crippen LogP contribution in [0.25, 0.3) is 22.3 Å². The molecule has 0 amide bonds. The van der Waals surface area contributed by atoms with E-state index in [0.29, 0.717) is 5.56 Å². The molecule has 0 spiro atoms. The third-order valence-electron chi connectivity index (χ3n) is 4.20. The Labute approximate surface area is 121 Å². The number of aromatic amines is 1. The SMILES string of the molecule is CCn1cc2c(n1)-c1[nH]c3ccc(C(=O)O)cc3c1CC2. The first-order valence-electron chi connectivity index (χ1n) is 7.12. The maximum atomic E-state index is 11.1. The Morgan fingerprint density at radius 1 is 1.43 bits per heavy atom. The van der Waals surface area contributed by atoms with Gasteiger partial charge >= 0.3 is 5.97 Å². The standard InChI is InChI=1S/C16H15N3O2/c1-2-19-8-10-3-5-11-12-7-9(16(20)21)4-6-13(12)17-15(11)14(10)18-19/h4,6-8,17H,2-3,5H2,1H3,(H,20,21). The maximum Gasteiger partial charge on any atom is 0.335 e. The molecule has 1 aliphatic rings. The highest BCUT2D eigenvalue weighted by atomic mass is 16.4. The number of aryl methyl sites for hydroxylation is 3. The maximum absolute atomic E-state index is 11.1. The molecular weight excluding hydrogens is 266 g/mol. The molecule has 0 aliphatic heterocycles. The summed E-state index contributed by atoms with van der Waals surface area (Å²) in [5, 5.41) is 14.8. The van der Waals surface area contributed by atoms with Crippen LogP contribution in [-0.2, 0) is 19.4 Å². The molecule has 106 valence electrons. The summed E-state index contributed by atoms with van der Waals surface area (Å²) < 4.78 is 1.95. The van der Waals surface area contributed by atoms with Gasteiger partial charge in [-0.3, -0.25) is 4.68 Å². The number of rotatable bonds is 2. The summed E-state index contributed by atoms with van der Waals surface area (Å²) in [5.41, 5.74) is 5.79. The van der Waals surface area contributed by atoms with Crippen LogP contribution in [0.5, 0.6) is 0 Å². The van der Waals surface area contributed by atoms with Gasteiger partial charge in [0.25, 0.3) is 0 Å². The van der Waals surface area contributed by atoms with E-state index < -0.39 is 5.97 Å². The predicted molar refractivity (Wildman–Crippen MR) is 79.6 cm³/mol. The van der Waals surface area contributed by atoms with Crippen molar-refractivity contribution in [2.24, 2.45) is 0 Å². The Kier molecular flexibility index (Phi) is 2.45. The van der Waals surface area contributed by atoms with Gasteiger partial charge in [0.15, 0.2) is 0 Å². The lowest BCUT2D eigenvalue weighted by molar-refractivity contribution is 0.0697. The van der Waals surface area contributed by atoms with Gasteiger partial charge in [0, 0.05) is 23.6 Å². The summed E-state index contributed by atoms with van der Waals surface area (Å²) in [7, 11) is 0. The number of nitrogens with zero attached hydrogens (tertiary/aromatic N) is 2. The van der Waals surface area contributed by atoms with E-state index in [1.807, 2.05) is 10.7 Å². The number of carboxylic acid groups (broad SMARTS) is 1. The fraction of sp³-hybridized carbons (Fsp3) is 0.250. The van der Waals surface area contributed by atoms with E-state index in [2.05, 4.69) is 23.2 Å². The second-order valence-electron chi connectivity index (χ2n) is 5.40. The van der Waals surface area contributed by atoms with Crippen molar-refractivity contribution in [3.05, 3.63) is 41.1 Å². The Morgan fingerprint density at radius 3 is 3.05 bits per heavy atom. The lowest BCUT2D eigenvalue weighted by Crippen LogP contribution is -2.01. The van der Waals surface area contributed by atoms with E-state index in [-0.39, 0.29) is 0 Å². The van der Waals surface area contributed by atoms with Crippen molar-refractivity contribution in [3.8, 4) is 11.4 Å². The average molecular weight is 281 g/mol. The van der Waals surface area contributed by atoms with Crippen molar-refractivity contribution >= 4 is 16.9 Å².